The monoisotopic (exact) mass is 236 g/mol. The topological polar surface area (TPSA) is 33.6 Å². The summed E-state index contributed by atoms with van der Waals surface area (Å²) in [6.07, 6.45) is 1.16. The van der Waals surface area contributed by atoms with Crippen molar-refractivity contribution in [3.8, 4) is 5.75 Å². The molecule has 16 heavy (non-hydrogen) atoms. The Morgan fingerprint density at radius 3 is 3.12 bits per heavy atom. The Kier molecular flexibility index (Phi) is 3.72. The van der Waals surface area contributed by atoms with E-state index in [4.69, 9.17) is 4.74 Å². The number of methoxy groups -OCH3 is 1. The molecule has 0 radical (unpaired) electrons. The van der Waals surface area contributed by atoms with Gasteiger partial charge in [0.2, 0.25) is 0 Å². The van der Waals surface area contributed by atoms with Gasteiger partial charge in [0, 0.05) is 17.0 Å². The first kappa shape index (κ1) is 11.3. The van der Waals surface area contributed by atoms with Gasteiger partial charge >= 0.3 is 0 Å². The van der Waals surface area contributed by atoms with Crippen LogP contribution < -0.4 is 10.1 Å². The molecule has 1 aromatic rings. The number of hydrogen-bond acceptors (Lipinski definition) is 4. The molecular formula is C12H16N2OS. The van der Waals surface area contributed by atoms with E-state index in [1.54, 1.807) is 7.11 Å². The zero-order valence-electron chi connectivity index (χ0n) is 9.56. The summed E-state index contributed by atoms with van der Waals surface area (Å²) in [5, 5.41) is 4.96. The van der Waals surface area contributed by atoms with Crippen molar-refractivity contribution in [2.24, 2.45) is 4.99 Å². The number of amidine groups is 1. The van der Waals surface area contributed by atoms with Gasteiger partial charge < -0.3 is 10.1 Å². The Balaban J connectivity index is 1.99. The number of rotatable bonds is 3. The van der Waals surface area contributed by atoms with E-state index in [-0.39, 0.29) is 0 Å². The smallest absolute Gasteiger partial charge is 0.161 e. The fourth-order valence-electron chi connectivity index (χ4n) is 1.52. The molecule has 0 aromatic heterocycles. The van der Waals surface area contributed by atoms with Crippen molar-refractivity contribution < 1.29 is 4.74 Å². The van der Waals surface area contributed by atoms with Crippen LogP contribution in [0.1, 0.15) is 13.3 Å². The fraction of sp³-hybridized carbons (Fsp3) is 0.417. The molecule has 86 valence electrons. The number of anilines is 1. The van der Waals surface area contributed by atoms with Gasteiger partial charge in [0.05, 0.1) is 13.7 Å². The lowest BCUT2D eigenvalue weighted by Gasteiger charge is -2.08. The molecule has 0 bridgehead atoms. The number of benzene rings is 1. The van der Waals surface area contributed by atoms with Crippen LogP contribution in [-0.2, 0) is 0 Å². The maximum absolute atomic E-state index is 5.17. The molecule has 1 atom stereocenters. The van der Waals surface area contributed by atoms with Gasteiger partial charge in [0.25, 0.3) is 0 Å². The van der Waals surface area contributed by atoms with Gasteiger partial charge in [-0.3, -0.25) is 4.99 Å². The number of hydrogen-bond donors (Lipinski definition) is 1. The highest BCUT2D eigenvalue weighted by atomic mass is 32.2. The second kappa shape index (κ2) is 5.25. The number of nitrogens with zero attached hydrogens (tertiary/aromatic N) is 1. The summed E-state index contributed by atoms with van der Waals surface area (Å²) < 4.78 is 5.17. The van der Waals surface area contributed by atoms with E-state index in [9.17, 15) is 0 Å². The molecule has 2 rings (SSSR count). The first-order chi connectivity index (χ1) is 7.81. The predicted octanol–water partition coefficient (Wildman–Crippen LogP) is 2.99. The van der Waals surface area contributed by atoms with Crippen molar-refractivity contribution in [1.82, 2.24) is 0 Å². The van der Waals surface area contributed by atoms with Crippen LogP contribution in [0.4, 0.5) is 5.69 Å². The molecule has 0 aliphatic carbocycles. The molecular weight excluding hydrogens is 220 g/mol. The van der Waals surface area contributed by atoms with Gasteiger partial charge in [-0.05, 0) is 18.6 Å². The molecule has 3 nitrogen and oxygen atoms in total. The van der Waals surface area contributed by atoms with Gasteiger partial charge in [0.15, 0.2) is 5.17 Å². The van der Waals surface area contributed by atoms with Gasteiger partial charge in [-0.25, -0.2) is 0 Å². The SMILES string of the molecule is CC[C@@H]1CN=C(Nc2cccc(OC)c2)S1. The number of thioether (sulfide) groups is 1. The van der Waals surface area contributed by atoms with Gasteiger partial charge in [0.1, 0.15) is 5.75 Å². The molecule has 0 saturated heterocycles. The second-order valence-corrected chi connectivity index (χ2v) is 4.94. The Morgan fingerprint density at radius 2 is 2.44 bits per heavy atom. The van der Waals surface area contributed by atoms with Crippen LogP contribution in [0.15, 0.2) is 29.3 Å². The summed E-state index contributed by atoms with van der Waals surface area (Å²) in [6.45, 7) is 3.12. The van der Waals surface area contributed by atoms with Crippen molar-refractivity contribution in [1.29, 1.82) is 0 Å². The Bertz CT molecular complexity index is 392. The molecule has 0 amide bonds. The van der Waals surface area contributed by atoms with Crippen LogP contribution in [0.2, 0.25) is 0 Å². The van der Waals surface area contributed by atoms with E-state index in [0.717, 1.165) is 29.6 Å². The maximum atomic E-state index is 5.17. The Hall–Kier alpha value is -1.16. The molecule has 1 N–H and O–H groups in total. The third-order valence-corrected chi connectivity index (χ3v) is 3.76. The lowest BCUT2D eigenvalue weighted by Crippen LogP contribution is -2.06. The van der Waals surface area contributed by atoms with E-state index >= 15 is 0 Å². The van der Waals surface area contributed by atoms with Crippen molar-refractivity contribution in [2.75, 3.05) is 19.0 Å². The zero-order chi connectivity index (χ0) is 11.4. The van der Waals surface area contributed by atoms with Crippen LogP contribution in [0.5, 0.6) is 5.75 Å². The van der Waals surface area contributed by atoms with Crippen molar-refractivity contribution in [3.05, 3.63) is 24.3 Å². The molecule has 0 unspecified atom stereocenters. The Morgan fingerprint density at radius 1 is 1.56 bits per heavy atom. The molecule has 1 heterocycles. The highest BCUT2D eigenvalue weighted by molar-refractivity contribution is 8.15. The zero-order valence-corrected chi connectivity index (χ0v) is 10.4. The third kappa shape index (κ3) is 2.70. The summed E-state index contributed by atoms with van der Waals surface area (Å²) >= 11 is 1.82. The summed E-state index contributed by atoms with van der Waals surface area (Å²) in [5.41, 5.74) is 1.03. The van der Waals surface area contributed by atoms with Crippen LogP contribution in [0, 0.1) is 0 Å². The second-order valence-electron chi connectivity index (χ2n) is 3.65. The average molecular weight is 236 g/mol. The predicted molar refractivity (Wildman–Crippen MR) is 70.6 cm³/mol. The van der Waals surface area contributed by atoms with Gasteiger partial charge in [-0.2, -0.15) is 0 Å². The number of nitrogens with one attached hydrogen (secondary N) is 1. The number of ether oxygens (including phenoxy) is 1. The van der Waals surface area contributed by atoms with Gasteiger partial charge in [-0.15, -0.1) is 0 Å². The van der Waals surface area contributed by atoms with E-state index in [1.165, 1.54) is 0 Å². The van der Waals surface area contributed by atoms with Crippen LogP contribution >= 0.6 is 11.8 Å². The highest BCUT2D eigenvalue weighted by Gasteiger charge is 2.17. The minimum Gasteiger partial charge on any atom is -0.497 e. The average Bonchev–Trinajstić information content (AvgIpc) is 2.77. The largest absolute Gasteiger partial charge is 0.497 e. The normalized spacial score (nSPS) is 19.4. The molecule has 0 saturated carbocycles. The summed E-state index contributed by atoms with van der Waals surface area (Å²) in [4.78, 5) is 4.47. The standard InChI is InChI=1S/C12H16N2OS/c1-3-11-8-13-12(16-11)14-9-5-4-6-10(7-9)15-2/h4-7,11H,3,8H2,1-2H3,(H,13,14)/t11-/m1/s1. The van der Waals surface area contributed by atoms with E-state index in [0.29, 0.717) is 5.25 Å². The Labute approximate surface area is 100 Å². The molecule has 1 aliphatic heterocycles. The van der Waals surface area contributed by atoms with Crippen molar-refractivity contribution in [2.45, 2.75) is 18.6 Å². The minimum absolute atomic E-state index is 0.633. The van der Waals surface area contributed by atoms with Gasteiger partial charge in [-0.1, -0.05) is 24.8 Å². The summed E-state index contributed by atoms with van der Waals surface area (Å²) in [5.74, 6) is 0.862. The third-order valence-electron chi connectivity index (χ3n) is 2.49. The van der Waals surface area contributed by atoms with Crippen LogP contribution in [0.25, 0.3) is 0 Å². The quantitative estimate of drug-likeness (QED) is 0.876. The highest BCUT2D eigenvalue weighted by Crippen LogP contribution is 2.25. The molecule has 4 heteroatoms. The molecule has 1 aliphatic rings. The van der Waals surface area contributed by atoms with E-state index in [1.807, 2.05) is 36.0 Å². The fourth-order valence-corrected chi connectivity index (χ4v) is 2.48. The summed E-state index contributed by atoms with van der Waals surface area (Å²) in [6, 6.07) is 7.90. The van der Waals surface area contributed by atoms with Crippen molar-refractivity contribution >= 4 is 22.6 Å². The lowest BCUT2D eigenvalue weighted by atomic mass is 10.3. The van der Waals surface area contributed by atoms with Crippen LogP contribution in [-0.4, -0.2) is 24.1 Å². The van der Waals surface area contributed by atoms with E-state index in [2.05, 4.69) is 17.2 Å². The molecule has 0 spiro atoms. The molecule has 0 fully saturated rings. The first-order valence-electron chi connectivity index (χ1n) is 5.44. The summed E-state index contributed by atoms with van der Waals surface area (Å²) in [7, 11) is 1.67. The first-order valence-corrected chi connectivity index (χ1v) is 6.32. The molecule has 1 aromatic carbocycles. The lowest BCUT2D eigenvalue weighted by molar-refractivity contribution is 0.415. The van der Waals surface area contributed by atoms with Crippen molar-refractivity contribution in [3.63, 3.8) is 0 Å². The van der Waals surface area contributed by atoms with E-state index < -0.39 is 0 Å². The number of aliphatic imine (C=N–C) groups is 1. The minimum atomic E-state index is 0.633. The maximum Gasteiger partial charge on any atom is 0.161 e. The van der Waals surface area contributed by atoms with Crippen LogP contribution in [0.3, 0.4) is 0 Å².